The average Bonchev–Trinajstić information content (AvgIpc) is 3.19. The molecule has 2 nitrogen and oxygen atoms in total. The largest absolute Gasteiger partial charge is 0.314 e. The molecule has 0 radical (unpaired) electrons. The summed E-state index contributed by atoms with van der Waals surface area (Å²) in [4.78, 5) is 4.64. The van der Waals surface area contributed by atoms with Gasteiger partial charge in [0.1, 0.15) is 0 Å². The molecule has 1 fully saturated rings. The van der Waals surface area contributed by atoms with E-state index in [0.717, 1.165) is 25.4 Å². The molecule has 1 aromatic heterocycles. The molecule has 0 spiro atoms. The summed E-state index contributed by atoms with van der Waals surface area (Å²) in [5.41, 5.74) is 4.06. The maximum absolute atomic E-state index is 4.64. The minimum Gasteiger partial charge on any atom is -0.314 e. The van der Waals surface area contributed by atoms with Crippen molar-refractivity contribution in [1.82, 2.24) is 10.3 Å². The summed E-state index contributed by atoms with van der Waals surface area (Å²) in [6.45, 7) is 5.37. The first-order valence-electron chi connectivity index (χ1n) is 7.89. The Hall–Kier alpha value is -1.19. The van der Waals surface area contributed by atoms with E-state index < -0.39 is 0 Å². The number of nitrogens with one attached hydrogen (secondary N) is 1. The quantitative estimate of drug-likeness (QED) is 0.838. The van der Waals surface area contributed by atoms with Crippen LogP contribution in [0.5, 0.6) is 0 Å². The number of nitrogens with zero attached hydrogens (tertiary/aromatic N) is 1. The number of rotatable bonds is 7. The number of thiazole rings is 1. The van der Waals surface area contributed by atoms with Gasteiger partial charge in [-0.25, -0.2) is 4.98 Å². The van der Waals surface area contributed by atoms with Crippen molar-refractivity contribution in [2.45, 2.75) is 45.6 Å². The molecule has 1 N–H and O–H groups in total. The summed E-state index contributed by atoms with van der Waals surface area (Å²) < 4.78 is 0. The van der Waals surface area contributed by atoms with Crippen LogP contribution < -0.4 is 5.32 Å². The van der Waals surface area contributed by atoms with Crippen molar-refractivity contribution in [3.05, 3.63) is 51.5 Å². The number of hydrogen-bond donors (Lipinski definition) is 1. The van der Waals surface area contributed by atoms with Crippen LogP contribution in [0, 0.1) is 19.8 Å². The first-order chi connectivity index (χ1) is 10.2. The minimum atomic E-state index is 0.633. The maximum atomic E-state index is 4.64. The summed E-state index contributed by atoms with van der Waals surface area (Å²) in [7, 11) is 0. The maximum Gasteiger partial charge on any atom is 0.0897 e. The highest BCUT2D eigenvalue weighted by Crippen LogP contribution is 2.21. The second-order valence-electron chi connectivity index (χ2n) is 6.30. The third-order valence-electron chi connectivity index (χ3n) is 4.04. The highest BCUT2D eigenvalue weighted by atomic mass is 32.1. The van der Waals surface area contributed by atoms with E-state index in [2.05, 4.69) is 53.8 Å². The molecular weight excluding hydrogens is 276 g/mol. The predicted octanol–water partition coefficient (Wildman–Crippen LogP) is 3.91. The standard InChI is InChI=1S/C18H24N2S/c1-13-4-3-5-15(8-13)9-16(11-19-17-6-7-17)10-18-12-21-14(2)20-18/h3-5,8,12,16-17,19H,6-7,9-11H2,1-2H3. The molecule has 1 unspecified atom stereocenters. The smallest absolute Gasteiger partial charge is 0.0897 e. The van der Waals surface area contributed by atoms with E-state index in [1.54, 1.807) is 11.3 Å². The lowest BCUT2D eigenvalue weighted by molar-refractivity contribution is 0.465. The minimum absolute atomic E-state index is 0.633. The van der Waals surface area contributed by atoms with Crippen LogP contribution in [0.15, 0.2) is 29.6 Å². The lowest BCUT2D eigenvalue weighted by atomic mass is 9.94. The van der Waals surface area contributed by atoms with Crippen molar-refractivity contribution in [3.63, 3.8) is 0 Å². The van der Waals surface area contributed by atoms with Gasteiger partial charge in [-0.3, -0.25) is 0 Å². The van der Waals surface area contributed by atoms with Gasteiger partial charge < -0.3 is 5.32 Å². The molecule has 0 saturated heterocycles. The van der Waals surface area contributed by atoms with Crippen LogP contribution >= 0.6 is 11.3 Å². The van der Waals surface area contributed by atoms with E-state index >= 15 is 0 Å². The van der Waals surface area contributed by atoms with Gasteiger partial charge in [0, 0.05) is 11.4 Å². The van der Waals surface area contributed by atoms with Crippen LogP contribution in [-0.4, -0.2) is 17.6 Å². The van der Waals surface area contributed by atoms with Crippen LogP contribution in [0.4, 0.5) is 0 Å². The van der Waals surface area contributed by atoms with Gasteiger partial charge in [0.15, 0.2) is 0 Å². The Bertz CT molecular complexity index is 586. The Morgan fingerprint density at radius 3 is 2.81 bits per heavy atom. The van der Waals surface area contributed by atoms with Gasteiger partial charge in [-0.05, 0) is 57.6 Å². The highest BCUT2D eigenvalue weighted by Gasteiger charge is 2.22. The Kier molecular flexibility index (Phi) is 4.71. The van der Waals surface area contributed by atoms with Gasteiger partial charge >= 0.3 is 0 Å². The second kappa shape index (κ2) is 6.71. The average molecular weight is 300 g/mol. The molecular formula is C18H24N2S. The Morgan fingerprint density at radius 2 is 2.14 bits per heavy atom. The lowest BCUT2D eigenvalue weighted by Gasteiger charge is -2.17. The molecule has 0 aliphatic heterocycles. The van der Waals surface area contributed by atoms with Crippen LogP contribution in [0.1, 0.15) is 34.7 Å². The van der Waals surface area contributed by atoms with Crippen LogP contribution in [0.3, 0.4) is 0 Å². The normalized spacial score (nSPS) is 16.1. The number of benzene rings is 1. The second-order valence-corrected chi connectivity index (χ2v) is 7.37. The third-order valence-corrected chi connectivity index (χ3v) is 4.87. The van der Waals surface area contributed by atoms with Gasteiger partial charge in [0.25, 0.3) is 0 Å². The molecule has 2 aromatic rings. The van der Waals surface area contributed by atoms with Crippen molar-refractivity contribution in [2.75, 3.05) is 6.54 Å². The van der Waals surface area contributed by atoms with E-state index in [0.29, 0.717) is 5.92 Å². The van der Waals surface area contributed by atoms with E-state index in [4.69, 9.17) is 0 Å². The molecule has 1 atom stereocenters. The monoisotopic (exact) mass is 300 g/mol. The third kappa shape index (κ3) is 4.65. The zero-order valence-electron chi connectivity index (χ0n) is 12.9. The molecule has 3 rings (SSSR count). The lowest BCUT2D eigenvalue weighted by Crippen LogP contribution is -2.27. The van der Waals surface area contributed by atoms with Gasteiger partial charge in [0.05, 0.1) is 10.7 Å². The molecule has 1 heterocycles. The Labute approximate surface area is 131 Å². The summed E-state index contributed by atoms with van der Waals surface area (Å²) in [6.07, 6.45) is 4.93. The zero-order valence-corrected chi connectivity index (χ0v) is 13.7. The number of hydrogen-bond acceptors (Lipinski definition) is 3. The van der Waals surface area contributed by atoms with Gasteiger partial charge in [-0.2, -0.15) is 0 Å². The zero-order chi connectivity index (χ0) is 14.7. The summed E-state index contributed by atoms with van der Waals surface area (Å²) in [6, 6.07) is 9.69. The molecule has 1 saturated carbocycles. The molecule has 3 heteroatoms. The number of aromatic nitrogens is 1. The van der Waals surface area contributed by atoms with Crippen LogP contribution in [-0.2, 0) is 12.8 Å². The fourth-order valence-electron chi connectivity index (χ4n) is 2.81. The first-order valence-corrected chi connectivity index (χ1v) is 8.77. The van der Waals surface area contributed by atoms with Crippen molar-refractivity contribution >= 4 is 11.3 Å². The molecule has 21 heavy (non-hydrogen) atoms. The van der Waals surface area contributed by atoms with E-state index in [-0.39, 0.29) is 0 Å². The van der Waals surface area contributed by atoms with E-state index in [9.17, 15) is 0 Å². The van der Waals surface area contributed by atoms with Gasteiger partial charge in [-0.15, -0.1) is 11.3 Å². The first kappa shape index (κ1) is 14.7. The molecule has 0 amide bonds. The van der Waals surface area contributed by atoms with Crippen LogP contribution in [0.2, 0.25) is 0 Å². The Balaban J connectivity index is 1.65. The predicted molar refractivity (Wildman–Crippen MR) is 90.0 cm³/mol. The Morgan fingerprint density at radius 1 is 1.29 bits per heavy atom. The molecule has 1 aliphatic carbocycles. The summed E-state index contributed by atoms with van der Waals surface area (Å²) in [5.74, 6) is 0.633. The van der Waals surface area contributed by atoms with Crippen molar-refractivity contribution in [2.24, 2.45) is 5.92 Å². The van der Waals surface area contributed by atoms with Crippen LogP contribution in [0.25, 0.3) is 0 Å². The molecule has 1 aromatic carbocycles. The van der Waals surface area contributed by atoms with Crippen molar-refractivity contribution < 1.29 is 0 Å². The van der Waals surface area contributed by atoms with Gasteiger partial charge in [0.2, 0.25) is 0 Å². The summed E-state index contributed by atoms with van der Waals surface area (Å²) >= 11 is 1.76. The van der Waals surface area contributed by atoms with E-state index in [1.165, 1.54) is 34.7 Å². The summed E-state index contributed by atoms with van der Waals surface area (Å²) in [5, 5.41) is 7.09. The van der Waals surface area contributed by atoms with Crippen molar-refractivity contribution in [1.29, 1.82) is 0 Å². The fourth-order valence-corrected chi connectivity index (χ4v) is 3.43. The van der Waals surface area contributed by atoms with Gasteiger partial charge in [-0.1, -0.05) is 29.8 Å². The molecule has 1 aliphatic rings. The van der Waals surface area contributed by atoms with Crippen molar-refractivity contribution in [3.8, 4) is 0 Å². The topological polar surface area (TPSA) is 24.9 Å². The number of aryl methyl sites for hydroxylation is 2. The molecule has 112 valence electrons. The fraction of sp³-hybridized carbons (Fsp3) is 0.500. The highest BCUT2D eigenvalue weighted by molar-refractivity contribution is 7.09. The molecule has 0 bridgehead atoms. The SMILES string of the molecule is Cc1cccc(CC(CNC2CC2)Cc2csc(C)n2)c1. The van der Waals surface area contributed by atoms with E-state index in [1.807, 2.05) is 0 Å².